The van der Waals surface area contributed by atoms with Crippen LogP contribution in [0.3, 0.4) is 0 Å². The van der Waals surface area contributed by atoms with Crippen LogP contribution in [0, 0.1) is 0 Å². The molecule has 5 heteroatoms. The molecule has 0 aliphatic rings. The fourth-order valence-corrected chi connectivity index (χ4v) is 7.02. The van der Waals surface area contributed by atoms with Gasteiger partial charge < -0.3 is 8.98 Å². The van der Waals surface area contributed by atoms with E-state index in [1.807, 2.05) is 66.7 Å². The van der Waals surface area contributed by atoms with E-state index in [1.165, 1.54) is 0 Å². The van der Waals surface area contributed by atoms with Gasteiger partial charge in [-0.2, -0.15) is 0 Å². The number of furan rings is 1. The highest BCUT2D eigenvalue weighted by molar-refractivity contribution is 6.24. The second-order valence-corrected chi connectivity index (χ2v) is 12.5. The fourth-order valence-electron chi connectivity index (χ4n) is 7.02. The lowest BCUT2D eigenvalue weighted by Crippen LogP contribution is -2.09. The van der Waals surface area contributed by atoms with Gasteiger partial charge in [-0.1, -0.05) is 133 Å². The summed E-state index contributed by atoms with van der Waals surface area (Å²) in [6.07, 6.45) is 0. The minimum absolute atomic E-state index is 0.457. The molecule has 0 unspecified atom stereocenters. The molecule has 0 N–H and O–H groups in total. The second kappa shape index (κ2) is 12.9. The molecule has 0 aliphatic carbocycles. The van der Waals surface area contributed by atoms with Gasteiger partial charge in [-0.15, -0.1) is 0 Å². The molecule has 0 amide bonds. The summed E-state index contributed by atoms with van der Waals surface area (Å²) < 4.78 is 8.86. The molecule has 51 heavy (non-hydrogen) atoms. The summed E-state index contributed by atoms with van der Waals surface area (Å²) in [5, 5.41) is 4.40. The first kappa shape index (κ1) is 30.2. The van der Waals surface area contributed by atoms with Crippen LogP contribution < -0.4 is 0 Å². The van der Waals surface area contributed by atoms with Crippen molar-refractivity contribution in [2.45, 2.75) is 6.54 Å². The normalized spacial score (nSPS) is 12.3. The van der Waals surface area contributed by atoms with E-state index >= 15 is 0 Å². The molecule has 0 bridgehead atoms. The van der Waals surface area contributed by atoms with E-state index in [4.69, 9.17) is 14.4 Å². The van der Waals surface area contributed by atoms with Crippen LogP contribution in [0.5, 0.6) is 0 Å². The van der Waals surface area contributed by atoms with Gasteiger partial charge in [-0.3, -0.25) is 4.99 Å². The maximum atomic E-state index is 6.56. The van der Waals surface area contributed by atoms with Crippen molar-refractivity contribution in [3.63, 3.8) is 0 Å². The Kier molecular flexibility index (Phi) is 7.63. The SMILES string of the molecule is C=N/C(=N\C(=N/Cc1ccccc1)c1ccccc1-n1c2ccccc2c2c3oc4ccccc4c3ccc21)c1ccc(-c2ccccc2)cc1. The molecule has 0 radical (unpaired) electrons. The Bertz CT molecular complexity index is 2770. The molecule has 7 aromatic carbocycles. The van der Waals surface area contributed by atoms with Gasteiger partial charge in [0, 0.05) is 27.3 Å². The summed E-state index contributed by atoms with van der Waals surface area (Å²) in [7, 11) is 0. The molecule has 2 heterocycles. The lowest BCUT2D eigenvalue weighted by atomic mass is 10.0. The van der Waals surface area contributed by atoms with Gasteiger partial charge in [0.05, 0.1) is 28.7 Å². The summed E-state index contributed by atoms with van der Waals surface area (Å²) in [5.74, 6) is 1.07. The Morgan fingerprint density at radius 3 is 2.02 bits per heavy atom. The Hall–Kier alpha value is -6.85. The minimum Gasteiger partial charge on any atom is -0.455 e. The molecular formula is C46H32N4O. The smallest absolute Gasteiger partial charge is 0.161 e. The zero-order valence-electron chi connectivity index (χ0n) is 27.8. The van der Waals surface area contributed by atoms with Crippen LogP contribution in [-0.2, 0) is 6.54 Å². The van der Waals surface area contributed by atoms with E-state index in [2.05, 4.69) is 119 Å². The van der Waals surface area contributed by atoms with Crippen LogP contribution in [0.25, 0.3) is 60.6 Å². The van der Waals surface area contributed by atoms with E-state index < -0.39 is 0 Å². The monoisotopic (exact) mass is 656 g/mol. The van der Waals surface area contributed by atoms with E-state index in [0.29, 0.717) is 18.2 Å². The molecule has 242 valence electrons. The lowest BCUT2D eigenvalue weighted by Gasteiger charge is -2.14. The van der Waals surface area contributed by atoms with Gasteiger partial charge in [-0.25, -0.2) is 9.98 Å². The predicted molar refractivity (Wildman–Crippen MR) is 213 cm³/mol. The first-order valence-corrected chi connectivity index (χ1v) is 17.0. The fraction of sp³-hybridized carbons (Fsp3) is 0.0217. The highest BCUT2D eigenvalue weighted by Crippen LogP contribution is 2.41. The molecule has 0 spiro atoms. The van der Waals surface area contributed by atoms with Gasteiger partial charge >= 0.3 is 0 Å². The number of fused-ring (bicyclic) bond motifs is 7. The third-order valence-corrected chi connectivity index (χ3v) is 9.43. The number of para-hydroxylation sites is 3. The first-order chi connectivity index (χ1) is 25.3. The Morgan fingerprint density at radius 1 is 0.549 bits per heavy atom. The van der Waals surface area contributed by atoms with Crippen LogP contribution in [0.4, 0.5) is 0 Å². The predicted octanol–water partition coefficient (Wildman–Crippen LogP) is 11.4. The summed E-state index contributed by atoms with van der Waals surface area (Å²) >= 11 is 0. The largest absolute Gasteiger partial charge is 0.455 e. The minimum atomic E-state index is 0.457. The third kappa shape index (κ3) is 5.42. The molecule has 9 rings (SSSR count). The van der Waals surface area contributed by atoms with E-state index in [9.17, 15) is 0 Å². The number of amidine groups is 2. The van der Waals surface area contributed by atoms with Crippen molar-refractivity contribution in [1.29, 1.82) is 0 Å². The maximum absolute atomic E-state index is 6.56. The molecular weight excluding hydrogens is 625 g/mol. The number of nitrogens with zero attached hydrogens (tertiary/aromatic N) is 4. The zero-order valence-corrected chi connectivity index (χ0v) is 27.8. The summed E-state index contributed by atoms with van der Waals surface area (Å²) in [6.45, 7) is 4.39. The van der Waals surface area contributed by atoms with Gasteiger partial charge in [0.2, 0.25) is 0 Å². The first-order valence-electron chi connectivity index (χ1n) is 17.0. The van der Waals surface area contributed by atoms with Gasteiger partial charge in [0.25, 0.3) is 0 Å². The standard InChI is InChI=1S/C46H32N4O/c1-47-45(34-26-24-33(25-27-34)32-16-6-3-7-17-32)49-46(48-30-31-14-4-2-5-15-31)38-20-9-12-22-40(38)50-39-21-11-8-19-37(39)43-41(50)29-28-36-35-18-10-13-23-42(35)51-44(36)43/h2-29H,1,30H2/b48-46-,49-45-. The van der Waals surface area contributed by atoms with Crippen LogP contribution in [-0.4, -0.2) is 23.0 Å². The Labute approximate surface area is 295 Å². The van der Waals surface area contributed by atoms with Crippen LogP contribution in [0.2, 0.25) is 0 Å². The van der Waals surface area contributed by atoms with Crippen molar-refractivity contribution < 1.29 is 4.42 Å². The lowest BCUT2D eigenvalue weighted by molar-refractivity contribution is 0.673. The van der Waals surface area contributed by atoms with Crippen LogP contribution in [0.15, 0.2) is 189 Å². The van der Waals surface area contributed by atoms with Crippen molar-refractivity contribution in [2.24, 2.45) is 15.0 Å². The van der Waals surface area contributed by atoms with Crippen LogP contribution >= 0.6 is 0 Å². The summed E-state index contributed by atoms with van der Waals surface area (Å²) in [4.78, 5) is 14.8. The Morgan fingerprint density at radius 2 is 1.22 bits per heavy atom. The molecule has 0 fully saturated rings. The second-order valence-electron chi connectivity index (χ2n) is 12.5. The molecule has 9 aromatic rings. The molecule has 0 saturated carbocycles. The van der Waals surface area contributed by atoms with Crippen molar-refractivity contribution in [1.82, 2.24) is 4.57 Å². The number of rotatable bonds is 6. The average molecular weight is 657 g/mol. The van der Waals surface area contributed by atoms with Gasteiger partial charge in [0.1, 0.15) is 11.2 Å². The number of aromatic nitrogens is 1. The molecule has 0 atom stereocenters. The van der Waals surface area contributed by atoms with Crippen molar-refractivity contribution in [2.75, 3.05) is 0 Å². The van der Waals surface area contributed by atoms with Gasteiger partial charge in [0.15, 0.2) is 11.7 Å². The maximum Gasteiger partial charge on any atom is 0.161 e. The van der Waals surface area contributed by atoms with Crippen molar-refractivity contribution in [3.05, 3.63) is 187 Å². The number of aliphatic imine (C=N–C) groups is 3. The zero-order chi connectivity index (χ0) is 34.1. The van der Waals surface area contributed by atoms with E-state index in [0.717, 1.165) is 77.2 Å². The highest BCUT2D eigenvalue weighted by Gasteiger charge is 2.21. The summed E-state index contributed by atoms with van der Waals surface area (Å²) in [5.41, 5.74) is 9.93. The molecule has 0 aliphatic heterocycles. The number of benzene rings is 7. The van der Waals surface area contributed by atoms with Crippen molar-refractivity contribution >= 4 is 62.1 Å². The number of hydrogen-bond acceptors (Lipinski definition) is 2. The average Bonchev–Trinajstić information content (AvgIpc) is 3.75. The summed E-state index contributed by atoms with van der Waals surface area (Å²) in [6, 6.07) is 58.3. The highest BCUT2D eigenvalue weighted by atomic mass is 16.3. The van der Waals surface area contributed by atoms with Crippen LogP contribution in [0.1, 0.15) is 16.7 Å². The third-order valence-electron chi connectivity index (χ3n) is 9.43. The molecule has 5 nitrogen and oxygen atoms in total. The van der Waals surface area contributed by atoms with E-state index in [1.54, 1.807) is 0 Å². The van der Waals surface area contributed by atoms with Crippen molar-refractivity contribution in [3.8, 4) is 16.8 Å². The van der Waals surface area contributed by atoms with E-state index in [-0.39, 0.29) is 0 Å². The topological polar surface area (TPSA) is 55.1 Å². The number of hydrogen-bond donors (Lipinski definition) is 0. The quantitative estimate of drug-likeness (QED) is 0.130. The molecule has 2 aromatic heterocycles. The molecule has 0 saturated heterocycles. The van der Waals surface area contributed by atoms with Gasteiger partial charge in [-0.05, 0) is 59.8 Å². The Balaban J connectivity index is 1.24.